The lowest BCUT2D eigenvalue weighted by atomic mass is 10.2. The number of hydrogen-bond acceptors (Lipinski definition) is 5. The van der Waals surface area contributed by atoms with Crippen LogP contribution in [0.2, 0.25) is 5.02 Å². The van der Waals surface area contributed by atoms with Crippen molar-refractivity contribution in [3.05, 3.63) is 70.5 Å². The highest BCUT2D eigenvalue weighted by atomic mass is 35.5. The van der Waals surface area contributed by atoms with Crippen LogP contribution in [0.3, 0.4) is 0 Å². The third kappa shape index (κ3) is 4.01. The van der Waals surface area contributed by atoms with Gasteiger partial charge in [0.15, 0.2) is 5.69 Å². The number of aromatic nitrogens is 3. The van der Waals surface area contributed by atoms with Crippen molar-refractivity contribution >= 4 is 17.5 Å². The van der Waals surface area contributed by atoms with Crippen LogP contribution in [0.4, 0.5) is 0 Å². The molecular weight excluding hydrogens is 356 g/mol. The summed E-state index contributed by atoms with van der Waals surface area (Å²) in [6, 6.07) is 14.2. The molecule has 2 N–H and O–H groups in total. The fraction of sp³-hybridized carbons (Fsp3) is 0.167. The summed E-state index contributed by atoms with van der Waals surface area (Å²) in [4.78, 5) is 13.7. The van der Waals surface area contributed by atoms with Crippen LogP contribution in [-0.2, 0) is 13.2 Å². The predicted molar refractivity (Wildman–Crippen MR) is 96.5 cm³/mol. The van der Waals surface area contributed by atoms with Gasteiger partial charge >= 0.3 is 0 Å². The van der Waals surface area contributed by atoms with E-state index in [4.69, 9.17) is 16.3 Å². The van der Waals surface area contributed by atoms with Gasteiger partial charge in [-0.3, -0.25) is 4.79 Å². The van der Waals surface area contributed by atoms with E-state index in [2.05, 4.69) is 15.5 Å². The van der Waals surface area contributed by atoms with Crippen LogP contribution < -0.4 is 10.1 Å². The standard InChI is InChI=1S/C18H17ClN4O3/c1-26-15-8-2-12(3-9-15)10-20-18(25)17-16(11-24)21-23(22-17)14-6-4-13(19)5-7-14/h2-9,24H,10-11H2,1H3,(H,20,25). The lowest BCUT2D eigenvalue weighted by Gasteiger charge is -2.05. The molecule has 2 aromatic carbocycles. The summed E-state index contributed by atoms with van der Waals surface area (Å²) >= 11 is 5.87. The minimum Gasteiger partial charge on any atom is -0.497 e. The maximum Gasteiger partial charge on any atom is 0.274 e. The molecule has 0 saturated carbocycles. The minimum atomic E-state index is -0.412. The number of aliphatic hydroxyl groups is 1. The van der Waals surface area contributed by atoms with Crippen LogP contribution >= 0.6 is 11.6 Å². The van der Waals surface area contributed by atoms with Gasteiger partial charge in [-0.25, -0.2) is 0 Å². The second-order valence-corrected chi connectivity index (χ2v) is 5.89. The highest BCUT2D eigenvalue weighted by Crippen LogP contribution is 2.14. The number of nitrogens with one attached hydrogen (secondary N) is 1. The summed E-state index contributed by atoms with van der Waals surface area (Å²) in [6.07, 6.45) is 0. The number of hydrogen-bond donors (Lipinski definition) is 2. The third-order valence-electron chi connectivity index (χ3n) is 3.72. The van der Waals surface area contributed by atoms with Crippen molar-refractivity contribution in [1.29, 1.82) is 0 Å². The Bertz CT molecular complexity index is 892. The van der Waals surface area contributed by atoms with Crippen LogP contribution in [0.5, 0.6) is 5.75 Å². The highest BCUT2D eigenvalue weighted by molar-refractivity contribution is 6.30. The monoisotopic (exact) mass is 372 g/mol. The van der Waals surface area contributed by atoms with Gasteiger partial charge in [-0.1, -0.05) is 23.7 Å². The van der Waals surface area contributed by atoms with E-state index in [1.807, 2.05) is 24.3 Å². The van der Waals surface area contributed by atoms with E-state index in [9.17, 15) is 9.90 Å². The van der Waals surface area contributed by atoms with Gasteiger partial charge < -0.3 is 15.2 Å². The number of carbonyl (C=O) groups is 1. The molecule has 0 spiro atoms. The summed E-state index contributed by atoms with van der Waals surface area (Å²) in [7, 11) is 1.59. The normalized spacial score (nSPS) is 10.6. The summed E-state index contributed by atoms with van der Waals surface area (Å²) in [5.41, 5.74) is 1.83. The average Bonchev–Trinajstić information content (AvgIpc) is 3.11. The molecule has 1 aromatic heterocycles. The Morgan fingerprint density at radius 2 is 1.85 bits per heavy atom. The van der Waals surface area contributed by atoms with Crippen molar-refractivity contribution in [2.45, 2.75) is 13.2 Å². The predicted octanol–water partition coefficient (Wildman–Crippen LogP) is 2.35. The van der Waals surface area contributed by atoms with Gasteiger partial charge in [-0.15, -0.1) is 10.2 Å². The summed E-state index contributed by atoms with van der Waals surface area (Å²) < 4.78 is 5.10. The van der Waals surface area contributed by atoms with Gasteiger partial charge in [0.25, 0.3) is 5.91 Å². The smallest absolute Gasteiger partial charge is 0.274 e. The van der Waals surface area contributed by atoms with Crippen LogP contribution in [0, 0.1) is 0 Å². The molecule has 0 saturated heterocycles. The van der Waals surface area contributed by atoms with Crippen molar-refractivity contribution in [3.8, 4) is 11.4 Å². The molecule has 134 valence electrons. The number of benzene rings is 2. The number of rotatable bonds is 6. The summed E-state index contributed by atoms with van der Waals surface area (Å²) in [6.45, 7) is -0.0691. The molecule has 1 heterocycles. The fourth-order valence-corrected chi connectivity index (χ4v) is 2.44. The molecule has 3 rings (SSSR count). The Kier molecular flexibility index (Phi) is 5.50. The zero-order chi connectivity index (χ0) is 18.5. The number of halogens is 1. The number of methoxy groups -OCH3 is 1. The van der Waals surface area contributed by atoms with Crippen molar-refractivity contribution in [2.24, 2.45) is 0 Å². The zero-order valence-electron chi connectivity index (χ0n) is 14.0. The number of ether oxygens (including phenoxy) is 1. The van der Waals surface area contributed by atoms with Crippen molar-refractivity contribution in [1.82, 2.24) is 20.3 Å². The first-order chi connectivity index (χ1) is 12.6. The molecule has 7 nitrogen and oxygen atoms in total. The van der Waals surface area contributed by atoms with Gasteiger partial charge in [0.2, 0.25) is 0 Å². The van der Waals surface area contributed by atoms with E-state index in [1.54, 1.807) is 31.4 Å². The molecule has 1 amide bonds. The second-order valence-electron chi connectivity index (χ2n) is 5.45. The molecule has 0 radical (unpaired) electrons. The Morgan fingerprint density at radius 3 is 2.46 bits per heavy atom. The lowest BCUT2D eigenvalue weighted by Crippen LogP contribution is -2.24. The number of aliphatic hydroxyl groups excluding tert-OH is 1. The first kappa shape index (κ1) is 17.9. The topological polar surface area (TPSA) is 89.3 Å². The summed E-state index contributed by atoms with van der Waals surface area (Å²) in [5, 5.41) is 21.2. The minimum absolute atomic E-state index is 0.0796. The van der Waals surface area contributed by atoms with Gasteiger partial charge in [0.1, 0.15) is 11.4 Å². The van der Waals surface area contributed by atoms with Crippen LogP contribution in [0.1, 0.15) is 21.7 Å². The zero-order valence-corrected chi connectivity index (χ0v) is 14.8. The van der Waals surface area contributed by atoms with E-state index >= 15 is 0 Å². The highest BCUT2D eigenvalue weighted by Gasteiger charge is 2.18. The quantitative estimate of drug-likeness (QED) is 0.693. The molecule has 0 aliphatic carbocycles. The second kappa shape index (κ2) is 7.99. The molecule has 8 heteroatoms. The SMILES string of the molecule is COc1ccc(CNC(=O)c2nn(-c3ccc(Cl)cc3)nc2CO)cc1. The van der Waals surface area contributed by atoms with Crippen molar-refractivity contribution in [3.63, 3.8) is 0 Å². The van der Waals surface area contributed by atoms with E-state index in [0.29, 0.717) is 17.3 Å². The Hall–Kier alpha value is -2.90. The molecule has 0 unspecified atom stereocenters. The van der Waals surface area contributed by atoms with Gasteiger partial charge in [-0.2, -0.15) is 4.80 Å². The summed E-state index contributed by atoms with van der Waals surface area (Å²) in [5.74, 6) is 0.332. The van der Waals surface area contributed by atoms with Crippen molar-refractivity contribution < 1.29 is 14.6 Å². The third-order valence-corrected chi connectivity index (χ3v) is 3.97. The van der Waals surface area contributed by atoms with Gasteiger partial charge in [0.05, 0.1) is 19.4 Å². The number of amides is 1. The van der Waals surface area contributed by atoms with E-state index in [1.165, 1.54) is 4.80 Å². The maximum absolute atomic E-state index is 12.4. The molecule has 26 heavy (non-hydrogen) atoms. The molecule has 0 aliphatic heterocycles. The fourth-order valence-electron chi connectivity index (χ4n) is 2.32. The van der Waals surface area contributed by atoms with Crippen molar-refractivity contribution in [2.75, 3.05) is 7.11 Å². The van der Waals surface area contributed by atoms with Crippen LogP contribution in [0.15, 0.2) is 48.5 Å². The van der Waals surface area contributed by atoms with E-state index in [0.717, 1.165) is 11.3 Å². The molecule has 3 aromatic rings. The van der Waals surface area contributed by atoms with E-state index in [-0.39, 0.29) is 11.4 Å². The van der Waals surface area contributed by atoms with Crippen LogP contribution in [0.25, 0.3) is 5.69 Å². The van der Waals surface area contributed by atoms with Gasteiger partial charge in [-0.05, 0) is 42.0 Å². The molecule has 0 fully saturated rings. The number of nitrogens with zero attached hydrogens (tertiary/aromatic N) is 3. The Labute approximate surface area is 155 Å². The largest absolute Gasteiger partial charge is 0.497 e. The first-order valence-corrected chi connectivity index (χ1v) is 8.22. The van der Waals surface area contributed by atoms with Crippen LogP contribution in [-0.4, -0.2) is 33.1 Å². The van der Waals surface area contributed by atoms with Gasteiger partial charge in [0, 0.05) is 11.6 Å². The number of carbonyl (C=O) groups excluding carboxylic acids is 1. The first-order valence-electron chi connectivity index (χ1n) is 7.85. The van der Waals surface area contributed by atoms with E-state index < -0.39 is 12.5 Å². The average molecular weight is 373 g/mol. The Morgan fingerprint density at radius 1 is 1.15 bits per heavy atom. The Balaban J connectivity index is 1.74. The molecular formula is C18H17ClN4O3. The molecule has 0 atom stereocenters. The maximum atomic E-state index is 12.4. The lowest BCUT2D eigenvalue weighted by molar-refractivity contribution is 0.0942. The molecule has 0 bridgehead atoms. The molecule has 0 aliphatic rings.